The molecule has 0 bridgehead atoms. The first-order valence-corrected chi connectivity index (χ1v) is 12.1. The fourth-order valence-corrected chi connectivity index (χ4v) is 6.17. The lowest BCUT2D eigenvalue weighted by Gasteiger charge is -2.15. The highest BCUT2D eigenvalue weighted by atomic mass is 32.2. The molecule has 4 heterocycles. The number of anilines is 1. The van der Waals surface area contributed by atoms with E-state index in [0.29, 0.717) is 24.3 Å². The number of hydrogen-bond acceptors (Lipinski definition) is 4. The van der Waals surface area contributed by atoms with Gasteiger partial charge >= 0.3 is 0 Å². The van der Waals surface area contributed by atoms with Gasteiger partial charge in [-0.2, -0.15) is 0 Å². The van der Waals surface area contributed by atoms with Gasteiger partial charge in [0, 0.05) is 54.8 Å². The van der Waals surface area contributed by atoms with Gasteiger partial charge in [-0.1, -0.05) is 6.07 Å². The fraction of sp³-hybridized carbons (Fsp3) is 0.391. The predicted molar refractivity (Wildman–Crippen MR) is 119 cm³/mol. The van der Waals surface area contributed by atoms with Gasteiger partial charge in [0.05, 0.1) is 12.3 Å². The van der Waals surface area contributed by atoms with Crippen LogP contribution in [0.2, 0.25) is 0 Å². The number of nitrogens with one attached hydrogen (secondary N) is 2. The van der Waals surface area contributed by atoms with E-state index in [1.165, 1.54) is 23.8 Å². The highest BCUT2D eigenvalue weighted by Gasteiger charge is 2.44. The minimum Gasteiger partial charge on any atom is -0.363 e. The monoisotopic (exact) mass is 436 g/mol. The average molecular weight is 437 g/mol. The number of hydrogen-bond donors (Lipinski definition) is 2. The van der Waals surface area contributed by atoms with Crippen molar-refractivity contribution >= 4 is 40.1 Å². The molecule has 0 radical (unpaired) electrons. The fourth-order valence-electron chi connectivity index (χ4n) is 4.99. The van der Waals surface area contributed by atoms with E-state index in [4.69, 9.17) is 0 Å². The van der Waals surface area contributed by atoms with Crippen LogP contribution < -0.4 is 5.32 Å². The molecule has 1 unspecified atom stereocenters. The molecule has 2 N–H and O–H groups in total. The van der Waals surface area contributed by atoms with Crippen LogP contribution in [0, 0.1) is 11.8 Å². The van der Waals surface area contributed by atoms with Crippen molar-refractivity contribution in [3.8, 4) is 0 Å². The zero-order valence-electron chi connectivity index (χ0n) is 17.1. The third-order valence-corrected chi connectivity index (χ3v) is 8.11. The van der Waals surface area contributed by atoms with Crippen LogP contribution in [-0.4, -0.2) is 49.1 Å². The summed E-state index contributed by atoms with van der Waals surface area (Å²) in [6.07, 6.45) is 5.58. The summed E-state index contributed by atoms with van der Waals surface area (Å²) in [5.74, 6) is 2.01. The molecule has 0 spiro atoms. The second-order valence-corrected chi connectivity index (χ2v) is 10.5. The van der Waals surface area contributed by atoms with Crippen LogP contribution in [-0.2, 0) is 33.7 Å². The highest BCUT2D eigenvalue weighted by Crippen LogP contribution is 2.45. The number of carbonyl (C=O) groups is 2. The molecule has 1 saturated carbocycles. The number of carbonyl (C=O) groups excluding carboxylic acids is 2. The Morgan fingerprint density at radius 3 is 2.74 bits per heavy atom. The molecule has 3 fully saturated rings. The minimum atomic E-state index is -1.26. The third-order valence-electron chi connectivity index (χ3n) is 6.73. The van der Waals surface area contributed by atoms with Gasteiger partial charge in [0.15, 0.2) is 0 Å². The number of benzene rings is 1. The molecule has 160 valence electrons. The molecule has 3 aliphatic heterocycles. The maximum atomic E-state index is 12.6. The maximum Gasteiger partial charge on any atom is 0.256 e. The van der Waals surface area contributed by atoms with E-state index in [1.54, 1.807) is 0 Å². The summed E-state index contributed by atoms with van der Waals surface area (Å²) < 4.78 is 13.5. The van der Waals surface area contributed by atoms with Gasteiger partial charge < -0.3 is 10.3 Å². The normalized spacial score (nSPS) is 28.3. The van der Waals surface area contributed by atoms with Crippen LogP contribution in [0.5, 0.6) is 0 Å². The quantitative estimate of drug-likeness (QED) is 0.705. The molecule has 6 rings (SSSR count). The standard InChI is InChI=1S/C23H24N4O3S/c28-22-3-4-31(30)27(22)10-14-1-2-21-19(6-14)20(23(29)25-21)7-15-5-18(24-9-15)13-26-11-16-8-17(16)12-26/h1-2,5-7,9,16-17,24H,3-4,8,10-13H2,(H,25,29)/t16-,17+,31?. The first-order chi connectivity index (χ1) is 15.0. The second kappa shape index (κ2) is 7.17. The molecule has 2 saturated heterocycles. The smallest absolute Gasteiger partial charge is 0.256 e. The van der Waals surface area contributed by atoms with E-state index in [-0.39, 0.29) is 11.8 Å². The van der Waals surface area contributed by atoms with Crippen LogP contribution in [0.3, 0.4) is 0 Å². The van der Waals surface area contributed by atoms with Crippen molar-refractivity contribution in [1.82, 2.24) is 14.2 Å². The Kier molecular flexibility index (Phi) is 4.40. The molecule has 3 atom stereocenters. The number of rotatable bonds is 5. The molecule has 8 heteroatoms. The van der Waals surface area contributed by atoms with Gasteiger partial charge in [-0.3, -0.25) is 18.8 Å². The van der Waals surface area contributed by atoms with Crippen molar-refractivity contribution in [2.75, 3.05) is 24.2 Å². The van der Waals surface area contributed by atoms with Gasteiger partial charge in [-0.25, -0.2) is 4.21 Å². The number of likely N-dealkylation sites (tertiary alicyclic amines) is 1. The number of nitrogens with zero attached hydrogens (tertiary/aromatic N) is 2. The molecule has 1 aromatic carbocycles. The summed E-state index contributed by atoms with van der Waals surface area (Å²) in [5.41, 5.74) is 5.20. The molecule has 1 aliphatic carbocycles. The number of amides is 2. The predicted octanol–water partition coefficient (Wildman–Crippen LogP) is 2.36. The largest absolute Gasteiger partial charge is 0.363 e. The molecular weight excluding hydrogens is 412 g/mol. The zero-order chi connectivity index (χ0) is 21.1. The summed E-state index contributed by atoms with van der Waals surface area (Å²) in [4.78, 5) is 30.4. The molecule has 31 heavy (non-hydrogen) atoms. The minimum absolute atomic E-state index is 0.0843. The number of H-pyrrole nitrogens is 1. The van der Waals surface area contributed by atoms with E-state index in [0.717, 1.165) is 46.5 Å². The Morgan fingerprint density at radius 1 is 1.13 bits per heavy atom. The van der Waals surface area contributed by atoms with E-state index in [2.05, 4.69) is 21.3 Å². The topological polar surface area (TPSA) is 85.5 Å². The Hall–Kier alpha value is -2.71. The molecular formula is C23H24N4O3S. The first kappa shape index (κ1) is 19.0. The summed E-state index contributed by atoms with van der Waals surface area (Å²) in [5, 5.41) is 2.92. The number of aromatic amines is 1. The highest BCUT2D eigenvalue weighted by molar-refractivity contribution is 7.83. The van der Waals surface area contributed by atoms with E-state index >= 15 is 0 Å². The van der Waals surface area contributed by atoms with Crippen molar-refractivity contribution < 1.29 is 13.8 Å². The van der Waals surface area contributed by atoms with E-state index in [9.17, 15) is 13.8 Å². The molecule has 4 aliphatic rings. The van der Waals surface area contributed by atoms with Crippen LogP contribution in [0.15, 0.2) is 30.5 Å². The van der Waals surface area contributed by atoms with Crippen LogP contribution >= 0.6 is 0 Å². The lowest BCUT2D eigenvalue weighted by atomic mass is 10.0. The average Bonchev–Trinajstić information content (AvgIpc) is 3.10. The van der Waals surface area contributed by atoms with Crippen molar-refractivity contribution in [3.05, 3.63) is 52.8 Å². The van der Waals surface area contributed by atoms with Crippen LogP contribution in [0.1, 0.15) is 35.2 Å². The Bertz CT molecular complexity index is 1130. The maximum absolute atomic E-state index is 12.6. The summed E-state index contributed by atoms with van der Waals surface area (Å²) in [6.45, 7) is 3.61. The Balaban J connectivity index is 1.22. The van der Waals surface area contributed by atoms with Crippen LogP contribution in [0.4, 0.5) is 5.69 Å². The van der Waals surface area contributed by atoms with E-state index in [1.807, 2.05) is 30.5 Å². The van der Waals surface area contributed by atoms with Gasteiger partial charge in [0.1, 0.15) is 11.0 Å². The molecule has 7 nitrogen and oxygen atoms in total. The van der Waals surface area contributed by atoms with Gasteiger partial charge in [-0.15, -0.1) is 0 Å². The van der Waals surface area contributed by atoms with Gasteiger partial charge in [0.2, 0.25) is 5.91 Å². The van der Waals surface area contributed by atoms with Crippen molar-refractivity contribution in [3.63, 3.8) is 0 Å². The molecule has 2 aromatic rings. The molecule has 1 aromatic heterocycles. The zero-order valence-corrected chi connectivity index (χ0v) is 17.9. The third kappa shape index (κ3) is 3.53. The summed E-state index contributed by atoms with van der Waals surface area (Å²) >= 11 is 0. The second-order valence-electron chi connectivity index (χ2n) is 9.01. The van der Waals surface area contributed by atoms with Crippen molar-refractivity contribution in [2.45, 2.75) is 25.9 Å². The Labute approximate surface area is 183 Å². The van der Waals surface area contributed by atoms with Crippen LogP contribution in [0.25, 0.3) is 11.6 Å². The summed E-state index contributed by atoms with van der Waals surface area (Å²) in [7, 11) is -1.26. The van der Waals surface area contributed by atoms with Gasteiger partial charge in [0.25, 0.3) is 5.91 Å². The number of piperidine rings is 1. The molecule has 2 amide bonds. The van der Waals surface area contributed by atoms with E-state index < -0.39 is 11.0 Å². The number of fused-ring (bicyclic) bond motifs is 2. The SMILES string of the molecule is O=C1Nc2ccc(CN3C(=O)CCS3=O)cc2C1=Cc1c[nH]c(CN2C[C@H]3C[C@H]3C2)c1. The Morgan fingerprint density at radius 2 is 1.97 bits per heavy atom. The first-order valence-electron chi connectivity index (χ1n) is 10.8. The summed E-state index contributed by atoms with van der Waals surface area (Å²) in [6, 6.07) is 7.76. The lowest BCUT2D eigenvalue weighted by molar-refractivity contribution is -0.125. The van der Waals surface area contributed by atoms with Crippen molar-refractivity contribution in [1.29, 1.82) is 0 Å². The number of aromatic nitrogens is 1. The van der Waals surface area contributed by atoms with Gasteiger partial charge in [-0.05, 0) is 53.7 Å². The van der Waals surface area contributed by atoms with Crippen molar-refractivity contribution in [2.24, 2.45) is 11.8 Å². The lowest BCUT2D eigenvalue weighted by Crippen LogP contribution is -2.24.